The lowest BCUT2D eigenvalue weighted by atomic mass is 10.1. The van der Waals surface area contributed by atoms with Crippen LogP contribution in [0.3, 0.4) is 0 Å². The van der Waals surface area contributed by atoms with Crippen LogP contribution < -0.4 is 0 Å². The molecule has 1 rings (SSSR count). The van der Waals surface area contributed by atoms with Crippen molar-refractivity contribution in [2.45, 2.75) is 33.2 Å². The van der Waals surface area contributed by atoms with Gasteiger partial charge < -0.3 is 10.0 Å². The lowest BCUT2D eigenvalue weighted by Crippen LogP contribution is -2.38. The zero-order chi connectivity index (χ0) is 16.2. The maximum absolute atomic E-state index is 12.5. The molecule has 0 saturated heterocycles. The number of aliphatic carboxylic acids is 1. The van der Waals surface area contributed by atoms with Crippen molar-refractivity contribution in [3.05, 3.63) is 39.4 Å². The molecule has 0 radical (unpaired) electrons. The molecule has 0 bridgehead atoms. The molecule has 0 heterocycles. The molecule has 0 atom stereocenters. The molecule has 0 fully saturated rings. The lowest BCUT2D eigenvalue weighted by Gasteiger charge is -2.26. The fourth-order valence-electron chi connectivity index (χ4n) is 1.95. The van der Waals surface area contributed by atoms with Crippen LogP contribution in [-0.2, 0) is 4.79 Å². The molecule has 1 amide bonds. The first-order chi connectivity index (χ1) is 9.73. The van der Waals surface area contributed by atoms with E-state index in [1.807, 2.05) is 0 Å². The second kappa shape index (κ2) is 6.83. The molecule has 1 aromatic rings. The van der Waals surface area contributed by atoms with E-state index in [0.29, 0.717) is 0 Å². The van der Waals surface area contributed by atoms with Gasteiger partial charge in [0.15, 0.2) is 0 Å². The molecular formula is C14H18N2O5. The van der Waals surface area contributed by atoms with Crippen molar-refractivity contribution in [1.29, 1.82) is 0 Å². The van der Waals surface area contributed by atoms with E-state index in [0.717, 1.165) is 5.56 Å². The highest BCUT2D eigenvalue weighted by Gasteiger charge is 2.26. The molecular weight excluding hydrogens is 276 g/mol. The summed E-state index contributed by atoms with van der Waals surface area (Å²) in [6.45, 7) is 5.22. The molecule has 1 aromatic carbocycles. The number of carbonyl (C=O) groups is 2. The zero-order valence-electron chi connectivity index (χ0n) is 12.2. The number of amides is 1. The number of carboxylic acids is 1. The van der Waals surface area contributed by atoms with Crippen molar-refractivity contribution in [2.24, 2.45) is 0 Å². The Balaban J connectivity index is 3.17. The van der Waals surface area contributed by atoms with Crippen LogP contribution in [0.2, 0.25) is 0 Å². The highest BCUT2D eigenvalue weighted by atomic mass is 16.6. The van der Waals surface area contributed by atoms with Gasteiger partial charge in [0.1, 0.15) is 5.56 Å². The topological polar surface area (TPSA) is 101 Å². The summed E-state index contributed by atoms with van der Waals surface area (Å²) in [6.07, 6.45) is -0.205. The van der Waals surface area contributed by atoms with Gasteiger partial charge >= 0.3 is 5.97 Å². The SMILES string of the molecule is Cc1ccc([N+](=O)[O-])c(C(=O)N(CCC(=O)O)C(C)C)c1. The van der Waals surface area contributed by atoms with Gasteiger partial charge in [-0.25, -0.2) is 0 Å². The Morgan fingerprint density at radius 3 is 2.48 bits per heavy atom. The molecule has 0 aliphatic carbocycles. The first-order valence-electron chi connectivity index (χ1n) is 6.51. The van der Waals surface area contributed by atoms with E-state index in [4.69, 9.17) is 5.11 Å². The highest BCUT2D eigenvalue weighted by molar-refractivity contribution is 5.98. The molecule has 0 saturated carbocycles. The van der Waals surface area contributed by atoms with Gasteiger partial charge in [0.25, 0.3) is 11.6 Å². The summed E-state index contributed by atoms with van der Waals surface area (Å²) in [7, 11) is 0. The first-order valence-corrected chi connectivity index (χ1v) is 6.51. The zero-order valence-corrected chi connectivity index (χ0v) is 12.2. The second-order valence-electron chi connectivity index (χ2n) is 5.01. The van der Waals surface area contributed by atoms with E-state index in [1.165, 1.54) is 17.0 Å². The van der Waals surface area contributed by atoms with Gasteiger partial charge in [0.05, 0.1) is 11.3 Å². The molecule has 0 unspecified atom stereocenters. The monoisotopic (exact) mass is 294 g/mol. The average Bonchev–Trinajstić information content (AvgIpc) is 2.37. The maximum Gasteiger partial charge on any atom is 0.305 e. The predicted octanol–water partition coefficient (Wildman–Crippen LogP) is 2.23. The number of hydrogen-bond acceptors (Lipinski definition) is 4. The van der Waals surface area contributed by atoms with Crippen LogP contribution in [0.15, 0.2) is 18.2 Å². The third kappa shape index (κ3) is 4.27. The Morgan fingerprint density at radius 2 is 2.00 bits per heavy atom. The summed E-state index contributed by atoms with van der Waals surface area (Å²) in [4.78, 5) is 34.9. The molecule has 0 aliphatic rings. The van der Waals surface area contributed by atoms with Crippen molar-refractivity contribution in [3.8, 4) is 0 Å². The number of carbonyl (C=O) groups excluding carboxylic acids is 1. The molecule has 0 aromatic heterocycles. The number of nitro benzene ring substituents is 1. The summed E-state index contributed by atoms with van der Waals surface area (Å²) < 4.78 is 0. The van der Waals surface area contributed by atoms with Gasteiger partial charge in [-0.15, -0.1) is 0 Å². The fraction of sp³-hybridized carbons (Fsp3) is 0.429. The second-order valence-corrected chi connectivity index (χ2v) is 5.01. The average molecular weight is 294 g/mol. The minimum absolute atomic E-state index is 0.0108. The quantitative estimate of drug-likeness (QED) is 0.640. The fourth-order valence-corrected chi connectivity index (χ4v) is 1.95. The standard InChI is InChI=1S/C14H18N2O5/c1-9(2)15(7-6-13(17)18)14(19)11-8-10(3)4-5-12(11)16(20)21/h4-5,8-9H,6-7H2,1-3H3,(H,17,18). The molecule has 1 N–H and O–H groups in total. The number of rotatable bonds is 6. The van der Waals surface area contributed by atoms with Gasteiger partial charge in [0, 0.05) is 18.7 Å². The van der Waals surface area contributed by atoms with Crippen LogP contribution in [0.25, 0.3) is 0 Å². The number of benzene rings is 1. The first kappa shape index (κ1) is 16.6. The van der Waals surface area contributed by atoms with Crippen molar-refractivity contribution in [1.82, 2.24) is 4.90 Å². The predicted molar refractivity (Wildman–Crippen MR) is 76.3 cm³/mol. The minimum atomic E-state index is -1.02. The van der Waals surface area contributed by atoms with Crippen molar-refractivity contribution < 1.29 is 19.6 Å². The number of nitrogens with zero attached hydrogens (tertiary/aromatic N) is 2. The largest absolute Gasteiger partial charge is 0.481 e. The van der Waals surface area contributed by atoms with E-state index in [1.54, 1.807) is 26.8 Å². The molecule has 21 heavy (non-hydrogen) atoms. The summed E-state index contributed by atoms with van der Waals surface area (Å²) in [5, 5.41) is 19.8. The normalized spacial score (nSPS) is 10.5. The van der Waals surface area contributed by atoms with E-state index in [9.17, 15) is 19.7 Å². The molecule has 7 heteroatoms. The minimum Gasteiger partial charge on any atom is -0.481 e. The Morgan fingerprint density at radius 1 is 1.38 bits per heavy atom. The van der Waals surface area contributed by atoms with E-state index >= 15 is 0 Å². The maximum atomic E-state index is 12.5. The van der Waals surface area contributed by atoms with Crippen LogP contribution >= 0.6 is 0 Å². The van der Waals surface area contributed by atoms with Crippen molar-refractivity contribution in [2.75, 3.05) is 6.54 Å². The van der Waals surface area contributed by atoms with Crippen molar-refractivity contribution >= 4 is 17.6 Å². The van der Waals surface area contributed by atoms with Crippen LogP contribution in [-0.4, -0.2) is 39.4 Å². The number of nitro groups is 1. The number of aryl methyl sites for hydroxylation is 1. The van der Waals surface area contributed by atoms with Crippen molar-refractivity contribution in [3.63, 3.8) is 0 Å². The summed E-state index contributed by atoms with van der Waals surface area (Å²) in [5.41, 5.74) is 0.441. The van der Waals surface area contributed by atoms with Gasteiger partial charge in [-0.05, 0) is 32.4 Å². The van der Waals surface area contributed by atoms with E-state index < -0.39 is 16.8 Å². The Hall–Kier alpha value is -2.44. The van der Waals surface area contributed by atoms with Crippen LogP contribution in [0.4, 0.5) is 5.69 Å². The van der Waals surface area contributed by atoms with E-state index in [-0.39, 0.29) is 30.3 Å². The highest BCUT2D eigenvalue weighted by Crippen LogP contribution is 2.22. The molecule has 114 valence electrons. The van der Waals surface area contributed by atoms with Gasteiger partial charge in [0.2, 0.25) is 0 Å². The van der Waals surface area contributed by atoms with Gasteiger partial charge in [-0.2, -0.15) is 0 Å². The molecule has 0 aliphatic heterocycles. The summed E-state index contributed by atoms with van der Waals surface area (Å²) >= 11 is 0. The third-order valence-electron chi connectivity index (χ3n) is 3.03. The van der Waals surface area contributed by atoms with E-state index in [2.05, 4.69) is 0 Å². The summed E-state index contributed by atoms with van der Waals surface area (Å²) in [6, 6.07) is 4.05. The Labute approximate surface area is 122 Å². The Kier molecular flexibility index (Phi) is 5.40. The van der Waals surface area contributed by atoms with Crippen LogP contribution in [0.5, 0.6) is 0 Å². The van der Waals surface area contributed by atoms with Crippen LogP contribution in [0.1, 0.15) is 36.2 Å². The lowest BCUT2D eigenvalue weighted by molar-refractivity contribution is -0.385. The third-order valence-corrected chi connectivity index (χ3v) is 3.03. The smallest absolute Gasteiger partial charge is 0.305 e. The number of carboxylic acid groups (broad SMARTS) is 1. The van der Waals surface area contributed by atoms with Crippen LogP contribution in [0, 0.1) is 17.0 Å². The summed E-state index contributed by atoms with van der Waals surface area (Å²) in [5.74, 6) is -1.55. The molecule has 7 nitrogen and oxygen atoms in total. The van der Waals surface area contributed by atoms with Gasteiger partial charge in [-0.1, -0.05) is 6.07 Å². The molecule has 0 spiro atoms. The van der Waals surface area contributed by atoms with Gasteiger partial charge in [-0.3, -0.25) is 19.7 Å². The Bertz CT molecular complexity index is 568. The number of hydrogen-bond donors (Lipinski definition) is 1.